The highest BCUT2D eigenvalue weighted by molar-refractivity contribution is 7.19. The van der Waals surface area contributed by atoms with E-state index in [2.05, 4.69) is 32.7 Å². The fourth-order valence-electron chi connectivity index (χ4n) is 3.39. The lowest BCUT2D eigenvalue weighted by Crippen LogP contribution is -2.35. The number of nitrogens with one attached hydrogen (secondary N) is 1. The molecular formula is C21H21N3O2S2. The maximum atomic E-state index is 12.9. The molecule has 0 atom stereocenters. The van der Waals surface area contributed by atoms with Crippen molar-refractivity contribution >= 4 is 38.7 Å². The lowest BCUT2D eigenvalue weighted by Gasteiger charge is -2.28. The van der Waals surface area contributed by atoms with Crippen molar-refractivity contribution in [1.82, 2.24) is 4.98 Å². The third-order valence-corrected chi connectivity index (χ3v) is 7.03. The molecule has 1 amide bonds. The molecule has 0 unspecified atom stereocenters. The number of carbonyl (C=O) groups is 1. The summed E-state index contributed by atoms with van der Waals surface area (Å²) in [5.74, 6) is 0.514. The summed E-state index contributed by atoms with van der Waals surface area (Å²) in [7, 11) is 0. The number of amides is 1. The van der Waals surface area contributed by atoms with Crippen LogP contribution in [-0.4, -0.2) is 37.2 Å². The average molecular weight is 412 g/mol. The highest BCUT2D eigenvalue weighted by atomic mass is 32.1. The summed E-state index contributed by atoms with van der Waals surface area (Å²) >= 11 is 3.06. The number of thiophene rings is 1. The standard InChI is InChI=1S/C21H21N3O2S2/c25-19(23-21-22-17(13-27-21)15-6-7-15)18-12-16(14-4-2-1-3-5-14)20(28-18)24-8-10-26-11-9-24/h1-5,12-13,15H,6-11H2,(H,22,23,25). The van der Waals surface area contributed by atoms with E-state index in [1.54, 1.807) is 11.3 Å². The van der Waals surface area contributed by atoms with Gasteiger partial charge in [-0.05, 0) is 24.5 Å². The first-order valence-corrected chi connectivity index (χ1v) is 11.3. The summed E-state index contributed by atoms with van der Waals surface area (Å²) in [6.45, 7) is 3.13. The van der Waals surface area contributed by atoms with Gasteiger partial charge in [-0.3, -0.25) is 10.1 Å². The summed E-state index contributed by atoms with van der Waals surface area (Å²) in [6, 6.07) is 12.3. The van der Waals surface area contributed by atoms with Crippen molar-refractivity contribution in [3.63, 3.8) is 0 Å². The number of anilines is 2. The maximum absolute atomic E-state index is 12.9. The number of ether oxygens (including phenoxy) is 1. The van der Waals surface area contributed by atoms with E-state index in [-0.39, 0.29) is 5.91 Å². The number of rotatable bonds is 5. The van der Waals surface area contributed by atoms with E-state index in [4.69, 9.17) is 4.74 Å². The van der Waals surface area contributed by atoms with Crippen molar-refractivity contribution in [3.05, 3.63) is 52.3 Å². The van der Waals surface area contributed by atoms with Crippen LogP contribution in [0.3, 0.4) is 0 Å². The highest BCUT2D eigenvalue weighted by Gasteiger charge is 2.27. The second-order valence-electron chi connectivity index (χ2n) is 7.10. The molecule has 28 heavy (non-hydrogen) atoms. The van der Waals surface area contributed by atoms with Gasteiger partial charge in [0.25, 0.3) is 5.91 Å². The molecule has 0 radical (unpaired) electrons. The van der Waals surface area contributed by atoms with E-state index in [1.165, 1.54) is 24.2 Å². The van der Waals surface area contributed by atoms with Gasteiger partial charge in [-0.25, -0.2) is 4.98 Å². The Morgan fingerprint density at radius 3 is 2.71 bits per heavy atom. The Morgan fingerprint density at radius 1 is 1.18 bits per heavy atom. The predicted molar refractivity (Wildman–Crippen MR) is 115 cm³/mol. The van der Waals surface area contributed by atoms with Crippen molar-refractivity contribution < 1.29 is 9.53 Å². The van der Waals surface area contributed by atoms with E-state index >= 15 is 0 Å². The number of benzene rings is 1. The zero-order chi connectivity index (χ0) is 18.9. The molecule has 1 N–H and O–H groups in total. The molecule has 2 aliphatic rings. The van der Waals surface area contributed by atoms with Crippen LogP contribution in [0.15, 0.2) is 41.8 Å². The highest BCUT2D eigenvalue weighted by Crippen LogP contribution is 2.42. The topological polar surface area (TPSA) is 54.5 Å². The molecule has 5 rings (SSSR count). The molecule has 1 saturated carbocycles. The van der Waals surface area contributed by atoms with E-state index in [9.17, 15) is 4.79 Å². The Bertz CT molecular complexity index is 973. The van der Waals surface area contributed by atoms with Crippen LogP contribution in [0.4, 0.5) is 10.1 Å². The lowest BCUT2D eigenvalue weighted by atomic mass is 10.1. The molecule has 2 fully saturated rings. The molecule has 5 nitrogen and oxygen atoms in total. The molecule has 7 heteroatoms. The maximum Gasteiger partial charge on any atom is 0.267 e. The second-order valence-corrected chi connectivity index (χ2v) is 8.99. The van der Waals surface area contributed by atoms with Gasteiger partial charge in [0.1, 0.15) is 0 Å². The van der Waals surface area contributed by atoms with Crippen LogP contribution in [0, 0.1) is 0 Å². The number of carbonyl (C=O) groups excluding carboxylic acids is 1. The fourth-order valence-corrected chi connectivity index (χ4v) is 5.30. The third kappa shape index (κ3) is 3.70. The molecule has 0 bridgehead atoms. The normalized spacial score (nSPS) is 16.9. The van der Waals surface area contributed by atoms with Crippen molar-refractivity contribution in [3.8, 4) is 11.1 Å². The van der Waals surface area contributed by atoms with Gasteiger partial charge < -0.3 is 9.64 Å². The number of morpholine rings is 1. The zero-order valence-corrected chi connectivity index (χ0v) is 17.0. The molecule has 1 saturated heterocycles. The monoisotopic (exact) mass is 411 g/mol. The van der Waals surface area contributed by atoms with Gasteiger partial charge in [0, 0.05) is 30.0 Å². The summed E-state index contributed by atoms with van der Waals surface area (Å²) < 4.78 is 5.50. The van der Waals surface area contributed by atoms with Crippen molar-refractivity contribution in [1.29, 1.82) is 0 Å². The number of nitrogens with zero attached hydrogens (tertiary/aromatic N) is 2. The van der Waals surface area contributed by atoms with Crippen LogP contribution in [0.25, 0.3) is 11.1 Å². The van der Waals surface area contributed by atoms with Crippen LogP contribution >= 0.6 is 22.7 Å². The van der Waals surface area contributed by atoms with Gasteiger partial charge in [-0.15, -0.1) is 22.7 Å². The average Bonchev–Trinajstić information content (AvgIpc) is 3.32. The Balaban J connectivity index is 1.43. The Labute approximate surface area is 172 Å². The first kappa shape index (κ1) is 17.8. The number of hydrogen-bond acceptors (Lipinski definition) is 6. The first-order chi connectivity index (χ1) is 13.8. The molecule has 1 aliphatic carbocycles. The lowest BCUT2D eigenvalue weighted by molar-refractivity contribution is 0.103. The molecule has 1 aliphatic heterocycles. The number of thiazole rings is 1. The molecule has 2 aromatic heterocycles. The molecule has 1 aromatic carbocycles. The van der Waals surface area contributed by atoms with Gasteiger partial charge in [0.15, 0.2) is 5.13 Å². The Hall–Kier alpha value is -2.22. The molecular weight excluding hydrogens is 390 g/mol. The summed E-state index contributed by atoms with van der Waals surface area (Å²) in [5, 5.41) is 6.88. The summed E-state index contributed by atoms with van der Waals surface area (Å²) in [6.07, 6.45) is 2.43. The van der Waals surface area contributed by atoms with Gasteiger partial charge >= 0.3 is 0 Å². The van der Waals surface area contributed by atoms with E-state index in [0.717, 1.165) is 48.1 Å². The van der Waals surface area contributed by atoms with Crippen molar-refractivity contribution in [2.24, 2.45) is 0 Å². The molecule has 3 aromatic rings. The van der Waals surface area contributed by atoms with E-state index < -0.39 is 0 Å². The van der Waals surface area contributed by atoms with Gasteiger partial charge in [-0.2, -0.15) is 0 Å². The Morgan fingerprint density at radius 2 is 1.96 bits per heavy atom. The Kier molecular flexibility index (Phi) is 4.88. The predicted octanol–water partition coefficient (Wildman–Crippen LogP) is 4.84. The van der Waals surface area contributed by atoms with Gasteiger partial charge in [0.05, 0.1) is 28.8 Å². The zero-order valence-electron chi connectivity index (χ0n) is 15.4. The minimum absolute atomic E-state index is 0.0848. The fraction of sp³-hybridized carbons (Fsp3) is 0.333. The molecule has 144 valence electrons. The summed E-state index contributed by atoms with van der Waals surface area (Å²) in [4.78, 5) is 20.5. The number of aromatic nitrogens is 1. The molecule has 3 heterocycles. The minimum Gasteiger partial charge on any atom is -0.378 e. The smallest absolute Gasteiger partial charge is 0.267 e. The third-order valence-electron chi connectivity index (χ3n) is 5.06. The molecule has 0 spiro atoms. The summed E-state index contributed by atoms with van der Waals surface area (Å²) in [5.41, 5.74) is 3.35. The minimum atomic E-state index is -0.0848. The van der Waals surface area contributed by atoms with Crippen molar-refractivity contribution in [2.45, 2.75) is 18.8 Å². The van der Waals surface area contributed by atoms with Gasteiger partial charge in [-0.1, -0.05) is 30.3 Å². The quantitative estimate of drug-likeness (QED) is 0.653. The van der Waals surface area contributed by atoms with Gasteiger partial charge in [0.2, 0.25) is 0 Å². The van der Waals surface area contributed by atoms with E-state index in [1.807, 2.05) is 24.3 Å². The SMILES string of the molecule is O=C(Nc1nc(C2CC2)cs1)c1cc(-c2ccccc2)c(N2CCOCC2)s1. The van der Waals surface area contributed by atoms with Crippen LogP contribution in [0.2, 0.25) is 0 Å². The first-order valence-electron chi connectivity index (χ1n) is 9.56. The van der Waals surface area contributed by atoms with Crippen LogP contribution < -0.4 is 10.2 Å². The van der Waals surface area contributed by atoms with Crippen molar-refractivity contribution in [2.75, 3.05) is 36.5 Å². The van der Waals surface area contributed by atoms with Crippen LogP contribution in [0.1, 0.15) is 34.1 Å². The van der Waals surface area contributed by atoms with Crippen LogP contribution in [-0.2, 0) is 4.74 Å². The van der Waals surface area contributed by atoms with Crippen LogP contribution in [0.5, 0.6) is 0 Å². The second kappa shape index (κ2) is 7.66. The van der Waals surface area contributed by atoms with E-state index in [0.29, 0.717) is 15.9 Å². The largest absolute Gasteiger partial charge is 0.378 e. The number of hydrogen-bond donors (Lipinski definition) is 1.